The molecule has 2 atom stereocenters. The first-order chi connectivity index (χ1) is 11.5. The van der Waals surface area contributed by atoms with Crippen molar-refractivity contribution in [3.63, 3.8) is 0 Å². The van der Waals surface area contributed by atoms with Gasteiger partial charge in [0.2, 0.25) is 5.91 Å². The van der Waals surface area contributed by atoms with Crippen LogP contribution in [0, 0.1) is 5.92 Å². The normalized spacial score (nSPS) is 17.4. The first kappa shape index (κ1) is 23.2. The van der Waals surface area contributed by atoms with Crippen LogP contribution in [0.1, 0.15) is 66.7 Å². The number of nitrogens with one attached hydrogen (secondary N) is 1. The van der Waals surface area contributed by atoms with Crippen LogP contribution in [-0.2, 0) is 14.3 Å². The van der Waals surface area contributed by atoms with Crippen molar-refractivity contribution in [2.24, 2.45) is 5.92 Å². The third-order valence-corrected chi connectivity index (χ3v) is 4.37. The van der Waals surface area contributed by atoms with Gasteiger partial charge < -0.3 is 15.2 Å². The Kier molecular flexibility index (Phi) is 10.2. The predicted molar refractivity (Wildman–Crippen MR) is 96.3 cm³/mol. The smallest absolute Gasteiger partial charge is 0.410 e. The second-order valence-electron chi connectivity index (χ2n) is 7.57. The van der Waals surface area contributed by atoms with Crippen molar-refractivity contribution in [2.45, 2.75) is 84.4 Å². The number of ether oxygens (including phenoxy) is 1. The van der Waals surface area contributed by atoms with E-state index in [4.69, 9.17) is 14.6 Å². The van der Waals surface area contributed by atoms with Gasteiger partial charge in [0.25, 0.3) is 6.47 Å². The lowest BCUT2D eigenvalue weighted by molar-refractivity contribution is -0.126. The lowest BCUT2D eigenvalue weighted by Crippen LogP contribution is -2.50. The van der Waals surface area contributed by atoms with Gasteiger partial charge in [0, 0.05) is 13.1 Å². The lowest BCUT2D eigenvalue weighted by Gasteiger charge is -2.31. The second-order valence-corrected chi connectivity index (χ2v) is 7.57. The fraction of sp³-hybridized carbons (Fsp3) is 0.833. The van der Waals surface area contributed by atoms with Crippen LogP contribution in [0.4, 0.5) is 4.79 Å². The highest BCUT2D eigenvalue weighted by molar-refractivity contribution is 5.85. The molecule has 0 heterocycles. The molecule has 0 spiro atoms. The summed E-state index contributed by atoms with van der Waals surface area (Å²) in [6.45, 7) is 8.98. The molecule has 1 saturated carbocycles. The first-order valence-electron chi connectivity index (χ1n) is 8.87. The van der Waals surface area contributed by atoms with E-state index in [1.807, 2.05) is 20.8 Å². The van der Waals surface area contributed by atoms with Gasteiger partial charge in [-0.3, -0.25) is 14.5 Å². The van der Waals surface area contributed by atoms with Gasteiger partial charge in [-0.15, -0.1) is 0 Å². The standard InChI is InChI=1S/C17H32N2O3.CH2O2/c1-12(14-10-8-7-9-11-14)18-15(20)13(2)19(6)16(21)22-17(3,4)5;2-1-3/h12-14H,7-11H2,1-6H3,(H,18,20);1H,(H,2,3). The molecule has 25 heavy (non-hydrogen) atoms. The Morgan fingerprint density at radius 2 is 1.68 bits per heavy atom. The van der Waals surface area contributed by atoms with Gasteiger partial charge in [0.05, 0.1) is 0 Å². The molecule has 1 aliphatic carbocycles. The summed E-state index contributed by atoms with van der Waals surface area (Å²) in [4.78, 5) is 34.1. The Labute approximate surface area is 151 Å². The first-order valence-corrected chi connectivity index (χ1v) is 8.87. The molecule has 1 aliphatic rings. The number of hydrogen-bond donors (Lipinski definition) is 2. The van der Waals surface area contributed by atoms with Crippen molar-refractivity contribution in [3.05, 3.63) is 0 Å². The fourth-order valence-electron chi connectivity index (χ4n) is 2.76. The van der Waals surface area contributed by atoms with E-state index < -0.39 is 17.7 Å². The van der Waals surface area contributed by atoms with Crippen LogP contribution in [0.5, 0.6) is 0 Å². The molecule has 0 aliphatic heterocycles. The van der Waals surface area contributed by atoms with Gasteiger partial charge in [-0.25, -0.2) is 4.79 Å². The average Bonchev–Trinajstić information content (AvgIpc) is 2.53. The molecule has 146 valence electrons. The van der Waals surface area contributed by atoms with Crippen molar-refractivity contribution in [1.29, 1.82) is 0 Å². The number of amides is 2. The Balaban J connectivity index is 0.00000178. The summed E-state index contributed by atoms with van der Waals surface area (Å²) in [5.41, 5.74) is -0.559. The molecule has 7 heteroatoms. The van der Waals surface area contributed by atoms with Crippen LogP contribution in [0.25, 0.3) is 0 Å². The minimum absolute atomic E-state index is 0.119. The predicted octanol–water partition coefficient (Wildman–Crippen LogP) is 3.03. The molecule has 2 amide bonds. The number of carboxylic acid groups (broad SMARTS) is 1. The summed E-state index contributed by atoms with van der Waals surface area (Å²) in [6, 6.07) is -0.386. The molecule has 0 radical (unpaired) electrons. The van der Waals surface area contributed by atoms with E-state index in [0.717, 1.165) is 0 Å². The van der Waals surface area contributed by atoms with Crippen molar-refractivity contribution >= 4 is 18.5 Å². The van der Waals surface area contributed by atoms with Gasteiger partial charge in [0.1, 0.15) is 11.6 Å². The average molecular weight is 358 g/mol. The molecular formula is C18H34N2O5. The Morgan fingerprint density at radius 1 is 1.20 bits per heavy atom. The molecule has 2 N–H and O–H groups in total. The number of carbonyl (C=O) groups excluding carboxylic acids is 2. The summed E-state index contributed by atoms with van der Waals surface area (Å²) in [5, 5.41) is 9.95. The number of likely N-dealkylation sites (N-methyl/N-ethyl adjacent to an activating group) is 1. The van der Waals surface area contributed by atoms with Crippen LogP contribution < -0.4 is 5.32 Å². The third kappa shape index (κ3) is 9.31. The lowest BCUT2D eigenvalue weighted by atomic mass is 9.84. The third-order valence-electron chi connectivity index (χ3n) is 4.37. The van der Waals surface area contributed by atoms with Crippen molar-refractivity contribution < 1.29 is 24.2 Å². The zero-order valence-corrected chi connectivity index (χ0v) is 16.4. The van der Waals surface area contributed by atoms with Crippen molar-refractivity contribution in [3.8, 4) is 0 Å². The zero-order valence-electron chi connectivity index (χ0n) is 16.4. The number of hydrogen-bond acceptors (Lipinski definition) is 4. The maximum absolute atomic E-state index is 12.3. The van der Waals surface area contributed by atoms with Crippen LogP contribution in [0.3, 0.4) is 0 Å². The van der Waals surface area contributed by atoms with Gasteiger partial charge in [-0.2, -0.15) is 0 Å². The summed E-state index contributed by atoms with van der Waals surface area (Å²) in [5.74, 6) is 0.433. The van der Waals surface area contributed by atoms with Crippen LogP contribution in [-0.4, -0.2) is 53.2 Å². The molecule has 1 rings (SSSR count). The minimum Gasteiger partial charge on any atom is -0.483 e. The maximum Gasteiger partial charge on any atom is 0.410 e. The Morgan fingerprint density at radius 3 is 2.12 bits per heavy atom. The van der Waals surface area contributed by atoms with E-state index in [9.17, 15) is 9.59 Å². The van der Waals surface area contributed by atoms with E-state index >= 15 is 0 Å². The number of nitrogens with zero attached hydrogens (tertiary/aromatic N) is 1. The molecule has 2 unspecified atom stereocenters. The summed E-state index contributed by atoms with van der Waals surface area (Å²) >= 11 is 0. The van der Waals surface area contributed by atoms with Gasteiger partial charge in [-0.1, -0.05) is 19.3 Å². The fourth-order valence-corrected chi connectivity index (χ4v) is 2.76. The van der Waals surface area contributed by atoms with Crippen LogP contribution in [0.15, 0.2) is 0 Å². The highest BCUT2D eigenvalue weighted by Crippen LogP contribution is 2.26. The molecule has 7 nitrogen and oxygen atoms in total. The summed E-state index contributed by atoms with van der Waals surface area (Å²) in [7, 11) is 1.60. The molecular weight excluding hydrogens is 324 g/mol. The van der Waals surface area contributed by atoms with E-state index in [2.05, 4.69) is 12.2 Å². The molecule has 1 fully saturated rings. The maximum atomic E-state index is 12.3. The molecule has 0 aromatic carbocycles. The Hall–Kier alpha value is -1.79. The SMILES string of the molecule is CC(NC(=O)C(C)N(C)C(=O)OC(C)(C)C)C1CCCCC1.O=CO. The molecule has 0 aromatic heterocycles. The number of carbonyl (C=O) groups is 3. The summed E-state index contributed by atoms with van der Waals surface area (Å²) < 4.78 is 5.30. The zero-order chi connectivity index (χ0) is 19.6. The van der Waals surface area contributed by atoms with Crippen LogP contribution >= 0.6 is 0 Å². The second kappa shape index (κ2) is 10.9. The van der Waals surface area contributed by atoms with Gasteiger partial charge >= 0.3 is 6.09 Å². The molecule has 0 aromatic rings. The highest BCUT2D eigenvalue weighted by atomic mass is 16.6. The largest absolute Gasteiger partial charge is 0.483 e. The van der Waals surface area contributed by atoms with Gasteiger partial charge in [-0.05, 0) is 53.4 Å². The van der Waals surface area contributed by atoms with Crippen LogP contribution in [0.2, 0.25) is 0 Å². The monoisotopic (exact) mass is 358 g/mol. The number of rotatable bonds is 4. The minimum atomic E-state index is -0.559. The van der Waals surface area contributed by atoms with E-state index in [0.29, 0.717) is 5.92 Å². The molecule has 0 saturated heterocycles. The topological polar surface area (TPSA) is 95.9 Å². The van der Waals surface area contributed by atoms with E-state index in [1.165, 1.54) is 37.0 Å². The molecule has 0 bridgehead atoms. The van der Waals surface area contributed by atoms with Gasteiger partial charge in [0.15, 0.2) is 0 Å². The highest BCUT2D eigenvalue weighted by Gasteiger charge is 2.29. The van der Waals surface area contributed by atoms with E-state index in [-0.39, 0.29) is 18.4 Å². The summed E-state index contributed by atoms with van der Waals surface area (Å²) in [6.07, 6.45) is 5.68. The van der Waals surface area contributed by atoms with Crippen molar-refractivity contribution in [2.75, 3.05) is 7.05 Å². The Bertz CT molecular complexity index is 428. The van der Waals surface area contributed by atoms with Crippen molar-refractivity contribution in [1.82, 2.24) is 10.2 Å². The quantitative estimate of drug-likeness (QED) is 0.753. The van der Waals surface area contributed by atoms with E-state index in [1.54, 1.807) is 14.0 Å².